The normalized spacial score (nSPS) is 36.8. The van der Waals surface area contributed by atoms with Crippen LogP contribution in [0.3, 0.4) is 0 Å². The predicted octanol–water partition coefficient (Wildman–Crippen LogP) is 5.63. The summed E-state index contributed by atoms with van der Waals surface area (Å²) in [6.07, 6.45) is 9.32. The number of carbonyl (C=O) groups is 1. The molecule has 3 atom stereocenters. The van der Waals surface area contributed by atoms with Crippen molar-refractivity contribution in [2.45, 2.75) is 71.3 Å². The van der Waals surface area contributed by atoms with Crippen LogP contribution < -0.4 is 0 Å². The Balaban J connectivity index is 0.000000216. The van der Waals surface area contributed by atoms with Crippen LogP contribution in [-0.2, 0) is 30.6 Å². The maximum atomic E-state index is 11.3. The van der Waals surface area contributed by atoms with Crippen molar-refractivity contribution in [3.8, 4) is 0 Å². The minimum Gasteiger partial charge on any atom is -0.667 e. The Morgan fingerprint density at radius 1 is 1.12 bits per heavy atom. The number of allylic oxidation sites excluding steroid dienone is 4. The fourth-order valence-corrected chi connectivity index (χ4v) is 5.33. The molecule has 3 unspecified atom stereocenters. The minimum atomic E-state index is -0.253. The number of hydrogen-bond acceptors (Lipinski definition) is 1. The molecule has 1 N–H and O–H groups in total. The van der Waals surface area contributed by atoms with Crippen LogP contribution in [-0.4, -0.2) is 21.3 Å². The summed E-state index contributed by atoms with van der Waals surface area (Å²) in [4.78, 5) is 11.3. The zero-order valence-electron chi connectivity index (χ0n) is 16.8. The van der Waals surface area contributed by atoms with Crippen LogP contribution in [0, 0.1) is 35.2 Å². The smallest absolute Gasteiger partial charge is 0.0553 e. The third-order valence-electron chi connectivity index (χ3n) is 6.68. The Bertz CT molecular complexity index is 540. The molecule has 25 heavy (non-hydrogen) atoms. The van der Waals surface area contributed by atoms with E-state index in [4.69, 9.17) is 5.73 Å². The summed E-state index contributed by atoms with van der Waals surface area (Å²) in [6.45, 7) is 8.67. The fraction of sp³-hybridized carbons (Fsp3) is 0.762. The predicted molar refractivity (Wildman–Crippen MR) is 104 cm³/mol. The van der Waals surface area contributed by atoms with Crippen molar-refractivity contribution >= 4 is 21.3 Å². The molecule has 0 heterocycles. The molecule has 4 saturated carbocycles. The number of hydrogen-bond donors (Lipinski definition) is 0. The van der Waals surface area contributed by atoms with Gasteiger partial charge in [0, 0.05) is 31.3 Å². The largest absolute Gasteiger partial charge is 0.667 e. The molecule has 139 valence electrons. The van der Waals surface area contributed by atoms with E-state index in [1.54, 1.807) is 0 Å². The first-order chi connectivity index (χ1) is 11.2. The van der Waals surface area contributed by atoms with Crippen molar-refractivity contribution in [3.05, 3.63) is 28.5 Å². The Morgan fingerprint density at radius 2 is 1.60 bits per heavy atom. The van der Waals surface area contributed by atoms with Crippen LogP contribution in [0.1, 0.15) is 59.8 Å². The topological polar surface area (TPSA) is 40.9 Å². The first kappa shape index (κ1) is 23.4. The second kappa shape index (κ2) is 9.53. The van der Waals surface area contributed by atoms with Crippen molar-refractivity contribution in [2.24, 2.45) is 29.1 Å². The molecule has 0 saturated heterocycles. The Morgan fingerprint density at radius 3 is 1.84 bits per heavy atom. The van der Waals surface area contributed by atoms with Crippen LogP contribution in [0.2, 0.25) is 11.5 Å². The average molecular weight is 568 g/mol. The minimum absolute atomic E-state index is 0. The molecular formula is C21H34GeHfNO-2. The van der Waals surface area contributed by atoms with E-state index < -0.39 is 0 Å². The van der Waals surface area contributed by atoms with E-state index in [2.05, 4.69) is 45.3 Å². The Hall–Kier alpha value is 0.363. The monoisotopic (exact) mass is 570 g/mol. The quantitative estimate of drug-likeness (QED) is 0.299. The third-order valence-corrected chi connectivity index (χ3v) is 6.68. The molecular weight excluding hydrogens is 533 g/mol. The van der Waals surface area contributed by atoms with Gasteiger partial charge in [0.25, 0.3) is 0 Å². The standard InChI is InChI=1S/C10H15NO.C9H13.C2H7Ge.Hf/c11-9(12)10-4-6-1-7(5-10)3-8(10)2-6;1-6-5-7(2)9(4)8(6)3;1-3-2;/h6-8H,1-5H2,(H2,11,12);6H,1-4H3;3H,1-2H3;/q;-1;;/p-1. The van der Waals surface area contributed by atoms with Crippen molar-refractivity contribution < 1.29 is 30.6 Å². The van der Waals surface area contributed by atoms with Crippen molar-refractivity contribution in [2.75, 3.05) is 0 Å². The number of nitrogens with one attached hydrogen (secondary N) is 1. The van der Waals surface area contributed by atoms with Gasteiger partial charge in [0.1, 0.15) is 0 Å². The SMILES string of the molecule is CC1=[C-]C(C)C(C)=C1C.[CH3][GeH][CH3].[Hf].[NH-]C(=O)C12CC3CC(CC1C3)C2. The van der Waals surface area contributed by atoms with Crippen molar-refractivity contribution in [1.82, 2.24) is 0 Å². The number of rotatable bonds is 1. The summed E-state index contributed by atoms with van der Waals surface area (Å²) in [7, 11) is 0. The first-order valence-electron chi connectivity index (χ1n) is 9.53. The molecule has 0 aromatic carbocycles. The summed E-state index contributed by atoms with van der Waals surface area (Å²) in [5, 5.41) is 0. The van der Waals surface area contributed by atoms with E-state index in [0.29, 0.717) is 27.3 Å². The molecule has 1 radical (unpaired) electrons. The van der Waals surface area contributed by atoms with Gasteiger partial charge in [0.15, 0.2) is 0 Å². The van der Waals surface area contributed by atoms with E-state index in [1.165, 1.54) is 36.0 Å². The fourth-order valence-electron chi connectivity index (χ4n) is 5.33. The van der Waals surface area contributed by atoms with Gasteiger partial charge in [-0.15, -0.1) is 6.92 Å². The number of carbonyl (C=O) groups excluding carboxylic acids is 1. The van der Waals surface area contributed by atoms with Gasteiger partial charge < -0.3 is 10.5 Å². The molecule has 5 aliphatic carbocycles. The van der Waals surface area contributed by atoms with E-state index in [9.17, 15) is 4.79 Å². The van der Waals surface area contributed by atoms with Crippen LogP contribution in [0.4, 0.5) is 0 Å². The molecule has 0 aromatic heterocycles. The van der Waals surface area contributed by atoms with E-state index in [-0.39, 0.29) is 37.2 Å². The average Bonchev–Trinajstić information content (AvgIpc) is 3.01. The van der Waals surface area contributed by atoms with Gasteiger partial charge in [0.05, 0.1) is 5.91 Å². The zero-order chi connectivity index (χ0) is 18.1. The molecule has 4 heteroatoms. The van der Waals surface area contributed by atoms with Crippen LogP contribution >= 0.6 is 0 Å². The molecule has 0 aliphatic heterocycles. The van der Waals surface area contributed by atoms with Gasteiger partial charge in [-0.25, -0.2) is 5.57 Å². The van der Waals surface area contributed by atoms with Gasteiger partial charge in [-0.1, -0.05) is 26.7 Å². The molecule has 0 aromatic rings. The second-order valence-electron chi connectivity index (χ2n) is 8.41. The van der Waals surface area contributed by atoms with Crippen LogP contribution in [0.15, 0.2) is 16.7 Å². The second-order valence-corrected chi connectivity index (χ2v) is 10.8. The van der Waals surface area contributed by atoms with Crippen LogP contribution in [0.5, 0.6) is 0 Å². The van der Waals surface area contributed by atoms with Gasteiger partial charge in [-0.3, -0.25) is 6.08 Å². The Labute approximate surface area is 180 Å². The zero-order valence-corrected chi connectivity index (χ0v) is 22.8. The summed E-state index contributed by atoms with van der Waals surface area (Å²) >= 11 is 0.312. The van der Waals surface area contributed by atoms with Gasteiger partial charge in [0.2, 0.25) is 0 Å². The maximum absolute atomic E-state index is 11.3. The Kier molecular flexibility index (Phi) is 8.92. The van der Waals surface area contributed by atoms with Gasteiger partial charge >= 0.3 is 26.9 Å². The van der Waals surface area contributed by atoms with Gasteiger partial charge in [-0.2, -0.15) is 11.1 Å². The molecule has 2 nitrogen and oxygen atoms in total. The summed E-state index contributed by atoms with van der Waals surface area (Å²) < 4.78 is 0. The van der Waals surface area contributed by atoms with E-state index in [1.807, 2.05) is 0 Å². The molecule has 5 aliphatic rings. The summed E-state index contributed by atoms with van der Waals surface area (Å²) in [5.74, 6) is 7.08. The summed E-state index contributed by atoms with van der Waals surface area (Å²) in [5.41, 5.74) is 11.5. The van der Waals surface area contributed by atoms with Crippen molar-refractivity contribution in [3.63, 3.8) is 0 Å². The molecule has 4 bridgehead atoms. The maximum Gasteiger partial charge on any atom is 0.0553 e. The molecule has 1 amide bonds. The first-order valence-corrected chi connectivity index (χ1v) is 14.4. The van der Waals surface area contributed by atoms with Crippen molar-refractivity contribution in [1.29, 1.82) is 0 Å². The van der Waals surface area contributed by atoms with Gasteiger partial charge in [-0.05, 0) is 49.9 Å². The number of amides is 1. The van der Waals surface area contributed by atoms with E-state index >= 15 is 0 Å². The van der Waals surface area contributed by atoms with E-state index in [0.717, 1.165) is 24.7 Å². The molecule has 5 rings (SSSR count). The van der Waals surface area contributed by atoms with Crippen LogP contribution in [0.25, 0.3) is 5.73 Å². The molecule has 0 spiro atoms. The third kappa shape index (κ3) is 4.80. The summed E-state index contributed by atoms with van der Waals surface area (Å²) in [6, 6.07) is 0. The molecule has 4 fully saturated rings.